The SMILES string of the molecule is CCSCCCB(O)O. The molecule has 0 aliphatic rings. The molecule has 0 fully saturated rings. The maximum absolute atomic E-state index is 8.40. The van der Waals surface area contributed by atoms with Crippen molar-refractivity contribution in [2.45, 2.75) is 19.7 Å². The third-order valence-electron chi connectivity index (χ3n) is 0.955. The summed E-state index contributed by atoms with van der Waals surface area (Å²) in [6, 6.07) is 0. The van der Waals surface area contributed by atoms with E-state index >= 15 is 0 Å². The number of rotatable bonds is 5. The normalized spacial score (nSPS) is 9.67. The van der Waals surface area contributed by atoms with Crippen molar-refractivity contribution in [2.24, 2.45) is 0 Å². The van der Waals surface area contributed by atoms with Crippen molar-refractivity contribution >= 4 is 18.9 Å². The molecule has 0 spiro atoms. The lowest BCUT2D eigenvalue weighted by molar-refractivity contribution is 0.404. The lowest BCUT2D eigenvalue weighted by Crippen LogP contribution is -2.09. The molecule has 0 aromatic carbocycles. The molecule has 0 bridgehead atoms. The zero-order chi connectivity index (χ0) is 7.11. The molecular formula is C5H13BO2S. The number of hydrogen-bond donors (Lipinski definition) is 2. The minimum Gasteiger partial charge on any atom is -0.427 e. The highest BCUT2D eigenvalue weighted by atomic mass is 32.2. The van der Waals surface area contributed by atoms with Crippen LogP contribution in [0.4, 0.5) is 0 Å². The van der Waals surface area contributed by atoms with Crippen molar-refractivity contribution in [1.29, 1.82) is 0 Å². The summed E-state index contributed by atoms with van der Waals surface area (Å²) in [5.41, 5.74) is 0. The minimum atomic E-state index is -1.11. The van der Waals surface area contributed by atoms with E-state index in [1.54, 1.807) is 0 Å². The Morgan fingerprint density at radius 2 is 2.11 bits per heavy atom. The van der Waals surface area contributed by atoms with E-state index in [1.165, 1.54) is 0 Å². The number of hydrogen-bond acceptors (Lipinski definition) is 3. The van der Waals surface area contributed by atoms with Gasteiger partial charge in [0.2, 0.25) is 0 Å². The van der Waals surface area contributed by atoms with Gasteiger partial charge in [-0.25, -0.2) is 0 Å². The summed E-state index contributed by atoms with van der Waals surface area (Å²) in [4.78, 5) is 0. The predicted molar refractivity (Wildman–Crippen MR) is 42.6 cm³/mol. The fourth-order valence-electron chi connectivity index (χ4n) is 0.512. The Morgan fingerprint density at radius 3 is 2.56 bits per heavy atom. The van der Waals surface area contributed by atoms with Crippen LogP contribution in [0.15, 0.2) is 0 Å². The second-order valence-corrected chi connectivity index (χ2v) is 3.21. The van der Waals surface area contributed by atoms with Gasteiger partial charge in [0.1, 0.15) is 0 Å². The maximum atomic E-state index is 8.40. The van der Waals surface area contributed by atoms with Gasteiger partial charge < -0.3 is 10.0 Å². The first-order valence-electron chi connectivity index (χ1n) is 3.21. The van der Waals surface area contributed by atoms with Crippen molar-refractivity contribution in [2.75, 3.05) is 11.5 Å². The van der Waals surface area contributed by atoms with Crippen LogP contribution in [0.5, 0.6) is 0 Å². The van der Waals surface area contributed by atoms with E-state index in [4.69, 9.17) is 10.0 Å². The molecular weight excluding hydrogens is 135 g/mol. The average molecular weight is 148 g/mol. The van der Waals surface area contributed by atoms with Crippen LogP contribution >= 0.6 is 11.8 Å². The van der Waals surface area contributed by atoms with Crippen LogP contribution in [0.1, 0.15) is 13.3 Å². The standard InChI is InChI=1S/C5H13BO2S/c1-2-9-5-3-4-6(7)8/h7-8H,2-5H2,1H3. The summed E-state index contributed by atoms with van der Waals surface area (Å²) in [7, 11) is -1.11. The summed E-state index contributed by atoms with van der Waals surface area (Å²) in [5, 5.41) is 16.8. The van der Waals surface area contributed by atoms with Crippen molar-refractivity contribution in [3.8, 4) is 0 Å². The van der Waals surface area contributed by atoms with Crippen LogP contribution in [0.3, 0.4) is 0 Å². The van der Waals surface area contributed by atoms with Crippen LogP contribution in [0, 0.1) is 0 Å². The molecule has 2 N–H and O–H groups in total. The molecule has 0 radical (unpaired) electrons. The largest absolute Gasteiger partial charge is 0.451 e. The average Bonchev–Trinajstić information content (AvgIpc) is 1.80. The van der Waals surface area contributed by atoms with Gasteiger partial charge in [0.05, 0.1) is 0 Å². The van der Waals surface area contributed by atoms with Gasteiger partial charge in [0.15, 0.2) is 0 Å². The Kier molecular flexibility index (Phi) is 6.70. The van der Waals surface area contributed by atoms with Crippen LogP contribution in [0.2, 0.25) is 6.32 Å². The van der Waals surface area contributed by atoms with E-state index in [-0.39, 0.29) is 0 Å². The third-order valence-corrected chi connectivity index (χ3v) is 1.94. The van der Waals surface area contributed by atoms with Crippen molar-refractivity contribution in [1.82, 2.24) is 0 Å². The Labute approximate surface area is 60.8 Å². The molecule has 0 unspecified atom stereocenters. The topological polar surface area (TPSA) is 40.5 Å². The van der Waals surface area contributed by atoms with Gasteiger partial charge in [-0.05, 0) is 24.2 Å². The molecule has 4 heteroatoms. The lowest BCUT2D eigenvalue weighted by atomic mass is 9.85. The van der Waals surface area contributed by atoms with Crippen molar-refractivity contribution in [3.05, 3.63) is 0 Å². The summed E-state index contributed by atoms with van der Waals surface area (Å²) in [6.07, 6.45) is 1.41. The summed E-state index contributed by atoms with van der Waals surface area (Å²) < 4.78 is 0. The van der Waals surface area contributed by atoms with E-state index in [1.807, 2.05) is 11.8 Å². The van der Waals surface area contributed by atoms with Gasteiger partial charge in [-0.2, -0.15) is 11.8 Å². The Bertz CT molecular complexity index is 60.9. The highest BCUT2D eigenvalue weighted by Crippen LogP contribution is 2.03. The van der Waals surface area contributed by atoms with Gasteiger partial charge in [-0.1, -0.05) is 6.92 Å². The highest BCUT2D eigenvalue weighted by Gasteiger charge is 2.03. The Hall–Kier alpha value is 0.335. The first kappa shape index (κ1) is 9.33. The third kappa shape index (κ3) is 8.33. The number of thioether (sulfide) groups is 1. The first-order chi connectivity index (χ1) is 4.27. The van der Waals surface area contributed by atoms with Gasteiger partial charge in [0, 0.05) is 0 Å². The van der Waals surface area contributed by atoms with E-state index in [2.05, 4.69) is 6.92 Å². The summed E-state index contributed by atoms with van der Waals surface area (Å²) in [6.45, 7) is 2.10. The van der Waals surface area contributed by atoms with E-state index in [0.29, 0.717) is 6.32 Å². The monoisotopic (exact) mass is 148 g/mol. The second kappa shape index (κ2) is 6.45. The molecule has 0 atom stereocenters. The van der Waals surface area contributed by atoms with Crippen LogP contribution in [0.25, 0.3) is 0 Å². The summed E-state index contributed by atoms with van der Waals surface area (Å²) in [5.74, 6) is 2.15. The van der Waals surface area contributed by atoms with E-state index in [0.717, 1.165) is 17.9 Å². The van der Waals surface area contributed by atoms with Crippen LogP contribution < -0.4 is 0 Å². The maximum Gasteiger partial charge on any atom is 0.451 e. The molecule has 0 rings (SSSR count). The molecule has 9 heavy (non-hydrogen) atoms. The predicted octanol–water partition coefficient (Wildman–Crippen LogP) is 0.602. The fourth-order valence-corrected chi connectivity index (χ4v) is 1.17. The minimum absolute atomic E-state index is 0.507. The van der Waals surface area contributed by atoms with Crippen LogP contribution in [-0.4, -0.2) is 28.7 Å². The smallest absolute Gasteiger partial charge is 0.427 e. The lowest BCUT2D eigenvalue weighted by Gasteiger charge is -1.96. The van der Waals surface area contributed by atoms with E-state index < -0.39 is 7.12 Å². The molecule has 2 nitrogen and oxygen atoms in total. The molecule has 0 aromatic heterocycles. The fraction of sp³-hybridized carbons (Fsp3) is 1.00. The van der Waals surface area contributed by atoms with Gasteiger partial charge in [0.25, 0.3) is 0 Å². The second-order valence-electron chi connectivity index (χ2n) is 1.82. The molecule has 0 amide bonds. The summed E-state index contributed by atoms with van der Waals surface area (Å²) >= 11 is 1.83. The molecule has 0 heterocycles. The van der Waals surface area contributed by atoms with Crippen molar-refractivity contribution < 1.29 is 10.0 Å². The molecule has 0 aliphatic carbocycles. The molecule has 0 aromatic rings. The highest BCUT2D eigenvalue weighted by molar-refractivity contribution is 7.99. The zero-order valence-corrected chi connectivity index (χ0v) is 6.52. The molecule has 0 saturated carbocycles. The zero-order valence-electron chi connectivity index (χ0n) is 5.71. The van der Waals surface area contributed by atoms with E-state index in [9.17, 15) is 0 Å². The van der Waals surface area contributed by atoms with Crippen LogP contribution in [-0.2, 0) is 0 Å². The molecule has 0 aliphatic heterocycles. The van der Waals surface area contributed by atoms with Gasteiger partial charge in [-0.3, -0.25) is 0 Å². The van der Waals surface area contributed by atoms with Gasteiger partial charge in [-0.15, -0.1) is 0 Å². The quantitative estimate of drug-likeness (QED) is 0.443. The van der Waals surface area contributed by atoms with Gasteiger partial charge >= 0.3 is 7.12 Å². The molecule has 0 saturated heterocycles. The first-order valence-corrected chi connectivity index (χ1v) is 4.36. The Morgan fingerprint density at radius 1 is 1.44 bits per heavy atom. The van der Waals surface area contributed by atoms with Crippen molar-refractivity contribution in [3.63, 3.8) is 0 Å². The molecule has 54 valence electrons. The Balaban J connectivity index is 2.75.